The van der Waals surface area contributed by atoms with Crippen LogP contribution in [0.2, 0.25) is 0 Å². The topological polar surface area (TPSA) is 3.24 Å². The molecule has 0 bridgehead atoms. The predicted octanol–water partition coefficient (Wildman–Crippen LogP) is 13.9. The molecule has 7 aromatic carbocycles. The van der Waals surface area contributed by atoms with Crippen molar-refractivity contribution < 1.29 is 0 Å². The Hall–Kier alpha value is -6.22. The van der Waals surface area contributed by atoms with Gasteiger partial charge in [0.2, 0.25) is 0 Å². The largest absolute Gasteiger partial charge is 0.310 e. The number of benzene rings is 7. The second-order valence-corrected chi connectivity index (χ2v) is 15.2. The first-order valence-electron chi connectivity index (χ1n) is 18.1. The lowest BCUT2D eigenvalue weighted by molar-refractivity contribution is 0.709. The molecule has 52 heavy (non-hydrogen) atoms. The van der Waals surface area contributed by atoms with E-state index < -0.39 is 0 Å². The van der Waals surface area contributed by atoms with Crippen LogP contribution in [0.3, 0.4) is 0 Å². The molecule has 1 nitrogen and oxygen atoms in total. The van der Waals surface area contributed by atoms with E-state index in [-0.39, 0.29) is 0 Å². The predicted molar refractivity (Wildman–Crippen MR) is 222 cm³/mol. The van der Waals surface area contributed by atoms with Gasteiger partial charge < -0.3 is 4.90 Å². The van der Waals surface area contributed by atoms with Crippen LogP contribution in [-0.2, 0) is 0 Å². The summed E-state index contributed by atoms with van der Waals surface area (Å²) in [7, 11) is 0. The third-order valence-corrected chi connectivity index (χ3v) is 12.4. The summed E-state index contributed by atoms with van der Waals surface area (Å²) in [5, 5.41) is 6.42. The fourth-order valence-electron chi connectivity index (χ4n) is 8.77. The molecule has 2 unspecified atom stereocenters. The highest BCUT2D eigenvalue weighted by atomic mass is 32.1. The molecule has 11 rings (SSSR count). The van der Waals surface area contributed by atoms with E-state index in [1.54, 1.807) is 0 Å². The molecule has 1 heterocycles. The Morgan fingerprint density at radius 1 is 0.519 bits per heavy atom. The average molecular weight is 680 g/mol. The zero-order valence-electron chi connectivity index (χ0n) is 28.4. The highest BCUT2D eigenvalue weighted by molar-refractivity contribution is 7.22. The highest BCUT2D eigenvalue weighted by Crippen LogP contribution is 2.55. The van der Waals surface area contributed by atoms with Crippen LogP contribution in [0.25, 0.3) is 58.8 Å². The van der Waals surface area contributed by atoms with Crippen molar-refractivity contribution in [3.8, 4) is 21.6 Å². The molecule has 8 aromatic rings. The lowest BCUT2D eigenvalue weighted by Gasteiger charge is -2.35. The van der Waals surface area contributed by atoms with Gasteiger partial charge in [0, 0.05) is 38.5 Å². The van der Waals surface area contributed by atoms with Crippen molar-refractivity contribution >= 4 is 59.9 Å². The summed E-state index contributed by atoms with van der Waals surface area (Å²) in [4.78, 5) is 3.76. The molecule has 2 atom stereocenters. The second kappa shape index (κ2) is 11.7. The molecular weight excluding hydrogens is 647 g/mol. The Kier molecular flexibility index (Phi) is 6.62. The Morgan fingerprint density at radius 3 is 2.02 bits per heavy atom. The second-order valence-electron chi connectivity index (χ2n) is 14.1. The third kappa shape index (κ3) is 4.61. The molecule has 1 aromatic heterocycles. The Bertz CT molecular complexity index is 2810. The third-order valence-electron chi connectivity index (χ3n) is 11.3. The first-order valence-corrected chi connectivity index (χ1v) is 18.9. The summed E-state index contributed by atoms with van der Waals surface area (Å²) in [5.74, 6) is 0.670. The van der Waals surface area contributed by atoms with Crippen LogP contribution >= 0.6 is 11.3 Å². The van der Waals surface area contributed by atoms with Crippen LogP contribution in [0.15, 0.2) is 199 Å². The van der Waals surface area contributed by atoms with Crippen molar-refractivity contribution in [3.05, 3.63) is 211 Å². The Morgan fingerprint density at radius 2 is 1.19 bits per heavy atom. The summed E-state index contributed by atoms with van der Waals surface area (Å²) in [6.45, 7) is 0. The van der Waals surface area contributed by atoms with E-state index in [9.17, 15) is 0 Å². The minimum Gasteiger partial charge on any atom is -0.310 e. The number of nitrogens with zero attached hydrogens (tertiary/aromatic N) is 1. The van der Waals surface area contributed by atoms with Gasteiger partial charge >= 0.3 is 0 Å². The molecule has 3 aliphatic carbocycles. The van der Waals surface area contributed by atoms with E-state index in [0.717, 1.165) is 11.4 Å². The number of fused-ring (bicyclic) bond motifs is 7. The minimum absolute atomic E-state index is 0.314. The normalized spacial score (nSPS) is 17.1. The zero-order chi connectivity index (χ0) is 34.2. The highest BCUT2D eigenvalue weighted by Gasteiger charge is 2.41. The van der Waals surface area contributed by atoms with Crippen molar-refractivity contribution in [2.24, 2.45) is 5.92 Å². The fourth-order valence-corrected chi connectivity index (χ4v) is 9.84. The first-order chi connectivity index (χ1) is 25.8. The number of hydrogen-bond donors (Lipinski definition) is 0. The van der Waals surface area contributed by atoms with E-state index in [0.29, 0.717) is 11.8 Å². The summed E-state index contributed by atoms with van der Waals surface area (Å²) in [5.41, 5.74) is 12.8. The molecule has 0 saturated carbocycles. The van der Waals surface area contributed by atoms with Crippen molar-refractivity contribution in [3.63, 3.8) is 0 Å². The summed E-state index contributed by atoms with van der Waals surface area (Å²) < 4.78 is 1.32. The maximum Gasteiger partial charge on any atom is 0.0497 e. The van der Waals surface area contributed by atoms with Crippen molar-refractivity contribution in [1.82, 2.24) is 0 Å². The lowest BCUT2D eigenvalue weighted by Crippen LogP contribution is -2.24. The van der Waals surface area contributed by atoms with Crippen molar-refractivity contribution in [2.45, 2.75) is 5.92 Å². The molecule has 2 heteroatoms. The summed E-state index contributed by atoms with van der Waals surface area (Å²) in [6.07, 6.45) is 11.7. The molecule has 244 valence electrons. The fraction of sp³-hybridized carbons (Fsp3) is 0.0400. The number of allylic oxidation sites excluding steroid dienone is 7. The molecule has 3 aliphatic rings. The standard InChI is InChI=1S/C50H33NS/c1-3-10-40-33(8-1)16-17-34-18-19-36(30-46(34)40)32-20-24-38(25-21-32)51(39-26-22-35(23-27-39)49-31-37-9-2-6-15-48(37)52-49)47-29-28-44-42-12-5-4-11-41(42)43-13-7-14-45(47)50(43)44/h1-31,44,50H. The van der Waals surface area contributed by atoms with E-state index in [4.69, 9.17) is 0 Å². The van der Waals surface area contributed by atoms with Gasteiger partial charge in [0.1, 0.15) is 0 Å². The van der Waals surface area contributed by atoms with Gasteiger partial charge in [-0.3, -0.25) is 0 Å². The molecule has 0 radical (unpaired) electrons. The van der Waals surface area contributed by atoms with Crippen LogP contribution < -0.4 is 4.90 Å². The van der Waals surface area contributed by atoms with Gasteiger partial charge in [0.05, 0.1) is 0 Å². The molecule has 0 amide bonds. The van der Waals surface area contributed by atoms with Crippen LogP contribution in [-0.4, -0.2) is 0 Å². The average Bonchev–Trinajstić information content (AvgIpc) is 3.80. The smallest absolute Gasteiger partial charge is 0.0497 e. The van der Waals surface area contributed by atoms with E-state index in [1.807, 2.05) is 11.3 Å². The quantitative estimate of drug-likeness (QED) is 0.164. The van der Waals surface area contributed by atoms with Crippen molar-refractivity contribution in [1.29, 1.82) is 0 Å². The number of anilines is 2. The van der Waals surface area contributed by atoms with Gasteiger partial charge in [-0.05, 0) is 114 Å². The molecular formula is C50H33NS. The SMILES string of the molecule is C1=CC2=C(N(c3ccc(-c4ccc5ccc6ccccc6c5c4)cc3)c3ccc(-c4cc5ccccc5s4)cc3)C=CC3c4ccccc4C(=C1)C23. The molecule has 0 spiro atoms. The maximum absolute atomic E-state index is 2.46. The molecule has 0 N–H and O–H groups in total. The Balaban J connectivity index is 1.02. The summed E-state index contributed by atoms with van der Waals surface area (Å²) in [6, 6.07) is 58.2. The van der Waals surface area contributed by atoms with E-state index >= 15 is 0 Å². The number of thiophene rings is 1. The molecule has 0 saturated heterocycles. The zero-order valence-corrected chi connectivity index (χ0v) is 29.2. The number of rotatable bonds is 5. The van der Waals surface area contributed by atoms with Gasteiger partial charge in [-0.2, -0.15) is 0 Å². The lowest BCUT2D eigenvalue weighted by atomic mass is 9.77. The van der Waals surface area contributed by atoms with Gasteiger partial charge in [-0.25, -0.2) is 0 Å². The van der Waals surface area contributed by atoms with Crippen LogP contribution in [0.5, 0.6) is 0 Å². The van der Waals surface area contributed by atoms with Gasteiger partial charge in [0.25, 0.3) is 0 Å². The van der Waals surface area contributed by atoms with Gasteiger partial charge in [0.15, 0.2) is 0 Å². The number of hydrogen-bond acceptors (Lipinski definition) is 2. The van der Waals surface area contributed by atoms with Crippen LogP contribution in [0, 0.1) is 5.92 Å². The van der Waals surface area contributed by atoms with Gasteiger partial charge in [-0.15, -0.1) is 11.3 Å². The van der Waals surface area contributed by atoms with Crippen molar-refractivity contribution in [2.75, 3.05) is 4.90 Å². The molecule has 0 aliphatic heterocycles. The van der Waals surface area contributed by atoms with Crippen LogP contribution in [0.1, 0.15) is 17.0 Å². The van der Waals surface area contributed by atoms with Gasteiger partial charge in [-0.1, -0.05) is 140 Å². The molecule has 0 fully saturated rings. The minimum atomic E-state index is 0.314. The van der Waals surface area contributed by atoms with E-state index in [1.165, 1.54) is 81.2 Å². The van der Waals surface area contributed by atoms with Crippen LogP contribution in [0.4, 0.5) is 11.4 Å². The maximum atomic E-state index is 2.46. The Labute approximate surface area is 307 Å². The van der Waals surface area contributed by atoms with E-state index in [2.05, 4.69) is 193 Å². The first kappa shape index (κ1) is 29.5. The summed E-state index contributed by atoms with van der Waals surface area (Å²) >= 11 is 1.86. The monoisotopic (exact) mass is 679 g/mol.